The number of urea groups is 1. The van der Waals surface area contributed by atoms with Gasteiger partial charge in [-0.3, -0.25) is 0 Å². The molecule has 1 aliphatic heterocycles. The molecule has 0 fully saturated rings. The van der Waals surface area contributed by atoms with Gasteiger partial charge in [0.05, 0.1) is 6.07 Å². The maximum Gasteiger partial charge on any atom is 0.341 e. The summed E-state index contributed by atoms with van der Waals surface area (Å²) in [5.74, 6) is 0. The van der Waals surface area contributed by atoms with Crippen LogP contribution in [0.25, 0.3) is 0 Å². The topological polar surface area (TPSA) is 65.2 Å². The Morgan fingerprint density at radius 1 is 1.90 bits per heavy atom. The molecule has 1 heterocycles. The average molecular weight is 137 g/mol. The summed E-state index contributed by atoms with van der Waals surface area (Å²) in [4.78, 5) is 14.2. The Labute approximate surface area is 58.6 Å². The Balaban J connectivity index is 2.72. The molecule has 1 atom stereocenters. The lowest BCUT2D eigenvalue weighted by Gasteiger charge is -2.13. The highest BCUT2D eigenvalue weighted by Crippen LogP contribution is 2.00. The fraction of sp³-hybridized carbons (Fsp3) is 0.500. The van der Waals surface area contributed by atoms with Crippen molar-refractivity contribution < 1.29 is 4.79 Å². The molecule has 10 heavy (non-hydrogen) atoms. The van der Waals surface area contributed by atoms with Gasteiger partial charge in [0, 0.05) is 12.1 Å². The van der Waals surface area contributed by atoms with E-state index in [1.165, 1.54) is 0 Å². The lowest BCUT2D eigenvalue weighted by Crippen LogP contribution is -2.37. The minimum absolute atomic E-state index is 0.384. The summed E-state index contributed by atoms with van der Waals surface area (Å²) in [6.45, 7) is 1.74. The summed E-state index contributed by atoms with van der Waals surface area (Å²) in [5, 5.41) is 10.8. The fourth-order valence-electron chi connectivity index (χ4n) is 0.825. The smallest absolute Gasteiger partial charge is 0.320 e. The van der Waals surface area contributed by atoms with E-state index in [4.69, 9.17) is 5.26 Å². The first-order valence-electron chi connectivity index (χ1n) is 2.96. The second-order valence-corrected chi connectivity index (χ2v) is 2.18. The summed E-state index contributed by atoms with van der Waals surface area (Å²) in [6, 6.07) is 1.16. The molecule has 2 amide bonds. The number of aliphatic imine (C=N–C) groups is 1. The van der Waals surface area contributed by atoms with Crippen molar-refractivity contribution in [1.29, 1.82) is 5.26 Å². The van der Waals surface area contributed by atoms with Crippen LogP contribution in [-0.4, -0.2) is 17.8 Å². The first-order chi connectivity index (χ1) is 4.72. The molecule has 0 aliphatic carbocycles. The minimum Gasteiger partial charge on any atom is -0.320 e. The van der Waals surface area contributed by atoms with Gasteiger partial charge in [0.1, 0.15) is 6.04 Å². The summed E-state index contributed by atoms with van der Waals surface area (Å²) < 4.78 is 0. The zero-order valence-corrected chi connectivity index (χ0v) is 5.59. The molecule has 1 rings (SSSR count). The molecular weight excluding hydrogens is 130 g/mol. The van der Waals surface area contributed by atoms with Crippen LogP contribution >= 0.6 is 0 Å². The second-order valence-electron chi connectivity index (χ2n) is 2.18. The molecule has 0 saturated heterocycles. The maximum atomic E-state index is 10.6. The van der Waals surface area contributed by atoms with Gasteiger partial charge in [0.2, 0.25) is 0 Å². The van der Waals surface area contributed by atoms with Crippen LogP contribution in [0.2, 0.25) is 0 Å². The Hall–Kier alpha value is -1.37. The number of amides is 2. The van der Waals surface area contributed by atoms with Crippen molar-refractivity contribution in [2.75, 3.05) is 0 Å². The molecular formula is C6H7N3O. The molecule has 4 heteroatoms. The number of hydrogen-bond donors (Lipinski definition) is 1. The standard InChI is InChI=1S/C6H7N3O/c1-4-2-5(3-7)9-6(10)8-4/h5H,2H2,1H3,(H,9,10)/t5-/m1/s1. The van der Waals surface area contributed by atoms with Crippen LogP contribution in [0.5, 0.6) is 0 Å². The summed E-state index contributed by atoms with van der Waals surface area (Å²) >= 11 is 0. The van der Waals surface area contributed by atoms with Gasteiger partial charge in [-0.1, -0.05) is 0 Å². The van der Waals surface area contributed by atoms with Crippen LogP contribution in [-0.2, 0) is 0 Å². The third-order valence-corrected chi connectivity index (χ3v) is 1.25. The van der Waals surface area contributed by atoms with Gasteiger partial charge in [-0.15, -0.1) is 0 Å². The number of nitrogens with zero attached hydrogens (tertiary/aromatic N) is 2. The van der Waals surface area contributed by atoms with E-state index in [1.54, 1.807) is 6.92 Å². The van der Waals surface area contributed by atoms with Gasteiger partial charge in [-0.05, 0) is 6.92 Å². The SMILES string of the molecule is CC1=NC(=O)N[C@@H](C#N)C1. The number of carbonyl (C=O) groups is 1. The van der Waals surface area contributed by atoms with Crippen LogP contribution in [0.1, 0.15) is 13.3 Å². The van der Waals surface area contributed by atoms with E-state index in [9.17, 15) is 4.79 Å². The zero-order valence-electron chi connectivity index (χ0n) is 5.59. The lowest BCUT2D eigenvalue weighted by molar-refractivity contribution is 0.246. The van der Waals surface area contributed by atoms with Crippen LogP contribution in [0.15, 0.2) is 4.99 Å². The quantitative estimate of drug-likeness (QED) is 0.526. The van der Waals surface area contributed by atoms with Crippen molar-refractivity contribution in [1.82, 2.24) is 5.32 Å². The molecule has 0 aromatic carbocycles. The summed E-state index contributed by atoms with van der Waals surface area (Å²) in [7, 11) is 0. The summed E-state index contributed by atoms with van der Waals surface area (Å²) in [6.07, 6.45) is 0.544. The van der Waals surface area contributed by atoms with E-state index in [1.807, 2.05) is 6.07 Å². The molecule has 0 aromatic heterocycles. The molecule has 0 unspecified atom stereocenters. The minimum atomic E-state index is -0.407. The van der Waals surface area contributed by atoms with E-state index in [0.29, 0.717) is 6.42 Å². The van der Waals surface area contributed by atoms with E-state index in [-0.39, 0.29) is 6.04 Å². The molecule has 4 nitrogen and oxygen atoms in total. The fourth-order valence-corrected chi connectivity index (χ4v) is 0.825. The largest absolute Gasteiger partial charge is 0.341 e. The van der Waals surface area contributed by atoms with Crippen molar-refractivity contribution >= 4 is 11.7 Å². The lowest BCUT2D eigenvalue weighted by atomic mass is 10.1. The van der Waals surface area contributed by atoms with E-state index in [2.05, 4.69) is 10.3 Å². The molecule has 0 saturated carbocycles. The van der Waals surface area contributed by atoms with Crippen molar-refractivity contribution in [3.8, 4) is 6.07 Å². The third-order valence-electron chi connectivity index (χ3n) is 1.25. The Morgan fingerprint density at radius 3 is 3.10 bits per heavy atom. The van der Waals surface area contributed by atoms with Gasteiger partial charge in [0.15, 0.2) is 0 Å². The Bertz CT molecular complexity index is 226. The highest BCUT2D eigenvalue weighted by molar-refractivity contribution is 5.96. The van der Waals surface area contributed by atoms with Crippen LogP contribution in [0.3, 0.4) is 0 Å². The number of hydrogen-bond acceptors (Lipinski definition) is 2. The zero-order chi connectivity index (χ0) is 7.56. The van der Waals surface area contributed by atoms with Crippen LogP contribution in [0, 0.1) is 11.3 Å². The van der Waals surface area contributed by atoms with Crippen molar-refractivity contribution in [2.24, 2.45) is 4.99 Å². The molecule has 0 aromatic rings. The molecule has 0 radical (unpaired) electrons. The van der Waals surface area contributed by atoms with Gasteiger partial charge in [-0.2, -0.15) is 5.26 Å². The third kappa shape index (κ3) is 1.32. The summed E-state index contributed by atoms with van der Waals surface area (Å²) in [5.41, 5.74) is 0.718. The monoisotopic (exact) mass is 137 g/mol. The van der Waals surface area contributed by atoms with Crippen molar-refractivity contribution in [2.45, 2.75) is 19.4 Å². The number of rotatable bonds is 0. The van der Waals surface area contributed by atoms with E-state index >= 15 is 0 Å². The van der Waals surface area contributed by atoms with E-state index < -0.39 is 6.03 Å². The number of nitriles is 1. The number of nitrogens with one attached hydrogen (secondary N) is 1. The Morgan fingerprint density at radius 2 is 2.60 bits per heavy atom. The molecule has 52 valence electrons. The molecule has 0 spiro atoms. The molecule has 1 aliphatic rings. The first-order valence-corrected chi connectivity index (χ1v) is 2.96. The van der Waals surface area contributed by atoms with Crippen LogP contribution in [0.4, 0.5) is 4.79 Å². The van der Waals surface area contributed by atoms with E-state index in [0.717, 1.165) is 5.71 Å². The average Bonchev–Trinajstić information content (AvgIpc) is 1.85. The second kappa shape index (κ2) is 2.48. The highest BCUT2D eigenvalue weighted by Gasteiger charge is 2.16. The van der Waals surface area contributed by atoms with Gasteiger partial charge in [-0.25, -0.2) is 9.79 Å². The van der Waals surface area contributed by atoms with Crippen molar-refractivity contribution in [3.63, 3.8) is 0 Å². The molecule has 1 N–H and O–H groups in total. The maximum absolute atomic E-state index is 10.6. The number of carbonyl (C=O) groups excluding carboxylic acids is 1. The van der Waals surface area contributed by atoms with Gasteiger partial charge in [0.25, 0.3) is 0 Å². The predicted molar refractivity (Wildman–Crippen MR) is 35.7 cm³/mol. The van der Waals surface area contributed by atoms with Crippen LogP contribution < -0.4 is 5.32 Å². The molecule has 0 bridgehead atoms. The van der Waals surface area contributed by atoms with Crippen molar-refractivity contribution in [3.05, 3.63) is 0 Å². The highest BCUT2D eigenvalue weighted by atomic mass is 16.2. The van der Waals surface area contributed by atoms with Gasteiger partial charge >= 0.3 is 6.03 Å². The van der Waals surface area contributed by atoms with Gasteiger partial charge < -0.3 is 5.32 Å². The first kappa shape index (κ1) is 6.75. The normalized spacial score (nSPS) is 24.6. The Kier molecular flexibility index (Phi) is 1.67. The predicted octanol–water partition coefficient (Wildman–Crippen LogP) is 0.453.